The van der Waals surface area contributed by atoms with E-state index in [4.69, 9.17) is 10.00 Å². The Hall–Kier alpha value is -3.00. The number of carbonyl (C=O) groups excluding carboxylic acids is 1. The van der Waals surface area contributed by atoms with Gasteiger partial charge < -0.3 is 15.4 Å². The minimum Gasteiger partial charge on any atom is -0.463 e. The third kappa shape index (κ3) is 6.03. The predicted molar refractivity (Wildman–Crippen MR) is 109 cm³/mol. The van der Waals surface area contributed by atoms with Gasteiger partial charge in [-0.1, -0.05) is 19.1 Å². The molecule has 0 saturated carbocycles. The van der Waals surface area contributed by atoms with Crippen molar-refractivity contribution >= 4 is 17.3 Å². The Morgan fingerprint density at radius 2 is 1.85 bits per heavy atom. The molecule has 0 bridgehead atoms. The molecule has 0 aliphatic rings. The first-order valence-corrected chi connectivity index (χ1v) is 9.22. The van der Waals surface area contributed by atoms with Crippen LogP contribution in [-0.2, 0) is 16.0 Å². The van der Waals surface area contributed by atoms with E-state index in [1.165, 1.54) is 12.5 Å². The zero-order chi connectivity index (χ0) is 19.8. The van der Waals surface area contributed by atoms with Gasteiger partial charge in [0, 0.05) is 24.3 Å². The normalized spacial score (nSPS) is 11.6. The standard InChI is InChI=1S/C22H27N3O2/c1-5-18-12-19(8-11-21(18)24-15(2)3)22(14-27-16(4)26)25-20-9-6-17(13-23)7-10-20/h6-12,15,22,24-25H,5,14H2,1-4H3. The van der Waals surface area contributed by atoms with Crippen molar-refractivity contribution in [2.45, 2.75) is 46.2 Å². The lowest BCUT2D eigenvalue weighted by Crippen LogP contribution is -2.19. The predicted octanol–water partition coefficient (Wildman–Crippen LogP) is 4.66. The van der Waals surface area contributed by atoms with Gasteiger partial charge in [-0.25, -0.2) is 0 Å². The summed E-state index contributed by atoms with van der Waals surface area (Å²) >= 11 is 0. The molecule has 0 aromatic heterocycles. The van der Waals surface area contributed by atoms with Crippen molar-refractivity contribution < 1.29 is 9.53 Å². The molecule has 0 aliphatic heterocycles. The van der Waals surface area contributed by atoms with Crippen molar-refractivity contribution in [1.82, 2.24) is 0 Å². The fourth-order valence-electron chi connectivity index (χ4n) is 2.84. The SMILES string of the molecule is CCc1cc(C(COC(C)=O)Nc2ccc(C#N)cc2)ccc1NC(C)C. The van der Waals surface area contributed by atoms with Crippen LogP contribution in [-0.4, -0.2) is 18.6 Å². The molecule has 1 atom stereocenters. The Kier molecular flexibility index (Phi) is 7.25. The lowest BCUT2D eigenvalue weighted by molar-refractivity contribution is -0.141. The topological polar surface area (TPSA) is 74.1 Å². The van der Waals surface area contributed by atoms with Crippen LogP contribution in [0.5, 0.6) is 0 Å². The lowest BCUT2D eigenvalue weighted by Gasteiger charge is -2.22. The van der Waals surface area contributed by atoms with E-state index < -0.39 is 0 Å². The van der Waals surface area contributed by atoms with Gasteiger partial charge in [-0.15, -0.1) is 0 Å². The molecule has 5 heteroatoms. The second-order valence-corrected chi connectivity index (χ2v) is 6.76. The summed E-state index contributed by atoms with van der Waals surface area (Å²) in [5.74, 6) is -0.310. The van der Waals surface area contributed by atoms with Gasteiger partial charge in [0.15, 0.2) is 0 Å². The molecule has 2 aromatic rings. The molecule has 2 aromatic carbocycles. The number of ether oxygens (including phenoxy) is 1. The van der Waals surface area contributed by atoms with Crippen molar-refractivity contribution in [2.75, 3.05) is 17.2 Å². The molecule has 2 N–H and O–H groups in total. The van der Waals surface area contributed by atoms with E-state index in [1.807, 2.05) is 12.1 Å². The van der Waals surface area contributed by atoms with E-state index in [9.17, 15) is 4.79 Å². The van der Waals surface area contributed by atoms with Gasteiger partial charge in [-0.05, 0) is 61.7 Å². The molecule has 2 rings (SSSR count). The number of nitrogens with one attached hydrogen (secondary N) is 2. The molecular formula is C22H27N3O2. The maximum atomic E-state index is 11.3. The third-order valence-corrected chi connectivity index (χ3v) is 4.16. The summed E-state index contributed by atoms with van der Waals surface area (Å²) in [7, 11) is 0. The number of carbonyl (C=O) groups is 1. The minimum absolute atomic E-state index is 0.180. The second-order valence-electron chi connectivity index (χ2n) is 6.76. The quantitative estimate of drug-likeness (QED) is 0.666. The highest BCUT2D eigenvalue weighted by molar-refractivity contribution is 5.66. The maximum Gasteiger partial charge on any atom is 0.302 e. The molecule has 0 fully saturated rings. The average Bonchev–Trinajstić information content (AvgIpc) is 2.65. The van der Waals surface area contributed by atoms with Crippen LogP contribution in [0.2, 0.25) is 0 Å². The molecular weight excluding hydrogens is 338 g/mol. The maximum absolute atomic E-state index is 11.3. The third-order valence-electron chi connectivity index (χ3n) is 4.16. The summed E-state index contributed by atoms with van der Waals surface area (Å²) in [4.78, 5) is 11.3. The molecule has 0 saturated heterocycles. The number of anilines is 2. The van der Waals surface area contributed by atoms with Gasteiger partial charge in [0.1, 0.15) is 6.61 Å². The zero-order valence-corrected chi connectivity index (χ0v) is 16.4. The van der Waals surface area contributed by atoms with Crippen LogP contribution >= 0.6 is 0 Å². The summed E-state index contributed by atoms with van der Waals surface area (Å²) in [6.45, 7) is 7.99. The Bertz CT molecular complexity index is 807. The van der Waals surface area contributed by atoms with E-state index in [0.29, 0.717) is 11.6 Å². The van der Waals surface area contributed by atoms with Gasteiger partial charge in [-0.3, -0.25) is 4.79 Å². The first-order chi connectivity index (χ1) is 12.9. The van der Waals surface area contributed by atoms with Gasteiger partial charge in [0.05, 0.1) is 17.7 Å². The summed E-state index contributed by atoms with van der Waals surface area (Å²) in [6, 6.07) is 15.8. The van der Waals surface area contributed by atoms with Crippen LogP contribution in [0.4, 0.5) is 11.4 Å². The number of aryl methyl sites for hydroxylation is 1. The first-order valence-electron chi connectivity index (χ1n) is 9.22. The first kappa shape index (κ1) is 20.3. The Morgan fingerprint density at radius 1 is 1.15 bits per heavy atom. The van der Waals surface area contributed by atoms with Gasteiger partial charge >= 0.3 is 5.97 Å². The number of rotatable bonds is 8. The number of benzene rings is 2. The lowest BCUT2D eigenvalue weighted by atomic mass is 10.0. The van der Waals surface area contributed by atoms with E-state index >= 15 is 0 Å². The molecule has 0 spiro atoms. The van der Waals surface area contributed by atoms with Crippen LogP contribution in [0.1, 0.15) is 50.4 Å². The molecule has 0 aliphatic carbocycles. The van der Waals surface area contributed by atoms with Crippen LogP contribution < -0.4 is 10.6 Å². The monoisotopic (exact) mass is 365 g/mol. The zero-order valence-electron chi connectivity index (χ0n) is 16.4. The van der Waals surface area contributed by atoms with Crippen LogP contribution in [0.3, 0.4) is 0 Å². The molecule has 27 heavy (non-hydrogen) atoms. The summed E-state index contributed by atoms with van der Waals surface area (Å²) in [5, 5.41) is 15.8. The number of nitrogens with zero attached hydrogens (tertiary/aromatic N) is 1. The fraction of sp³-hybridized carbons (Fsp3) is 0.364. The van der Waals surface area contributed by atoms with E-state index in [1.54, 1.807) is 12.1 Å². The largest absolute Gasteiger partial charge is 0.463 e. The van der Waals surface area contributed by atoms with Crippen molar-refractivity contribution in [3.63, 3.8) is 0 Å². The van der Waals surface area contributed by atoms with Crippen molar-refractivity contribution in [3.8, 4) is 6.07 Å². The number of esters is 1. The van der Waals surface area contributed by atoms with E-state index in [0.717, 1.165) is 23.4 Å². The van der Waals surface area contributed by atoms with Crippen molar-refractivity contribution in [3.05, 3.63) is 59.2 Å². The number of nitriles is 1. The molecule has 0 amide bonds. The molecule has 5 nitrogen and oxygen atoms in total. The highest BCUT2D eigenvalue weighted by atomic mass is 16.5. The number of hydrogen-bond acceptors (Lipinski definition) is 5. The molecule has 1 unspecified atom stereocenters. The number of hydrogen-bond donors (Lipinski definition) is 2. The highest BCUT2D eigenvalue weighted by Crippen LogP contribution is 2.26. The van der Waals surface area contributed by atoms with Gasteiger partial charge in [0.2, 0.25) is 0 Å². The Labute approximate surface area is 161 Å². The van der Waals surface area contributed by atoms with Crippen LogP contribution in [0, 0.1) is 11.3 Å². The van der Waals surface area contributed by atoms with E-state index in [2.05, 4.69) is 55.7 Å². The van der Waals surface area contributed by atoms with Crippen molar-refractivity contribution in [1.29, 1.82) is 5.26 Å². The fourth-order valence-corrected chi connectivity index (χ4v) is 2.84. The Morgan fingerprint density at radius 3 is 2.41 bits per heavy atom. The van der Waals surface area contributed by atoms with Gasteiger partial charge in [-0.2, -0.15) is 5.26 Å². The molecule has 0 heterocycles. The average molecular weight is 365 g/mol. The minimum atomic E-state index is -0.310. The second kappa shape index (κ2) is 9.63. The summed E-state index contributed by atoms with van der Waals surface area (Å²) < 4.78 is 5.27. The van der Waals surface area contributed by atoms with E-state index in [-0.39, 0.29) is 18.6 Å². The molecule has 142 valence electrons. The summed E-state index contributed by atoms with van der Waals surface area (Å²) in [6.07, 6.45) is 0.903. The van der Waals surface area contributed by atoms with Crippen molar-refractivity contribution in [2.24, 2.45) is 0 Å². The highest BCUT2D eigenvalue weighted by Gasteiger charge is 2.15. The van der Waals surface area contributed by atoms with Crippen LogP contribution in [0.15, 0.2) is 42.5 Å². The molecule has 0 radical (unpaired) electrons. The summed E-state index contributed by atoms with van der Waals surface area (Å²) in [5.41, 5.74) is 4.87. The smallest absolute Gasteiger partial charge is 0.302 e. The van der Waals surface area contributed by atoms with Crippen LogP contribution in [0.25, 0.3) is 0 Å². The van der Waals surface area contributed by atoms with Gasteiger partial charge in [0.25, 0.3) is 0 Å². The Balaban J connectivity index is 2.28.